The summed E-state index contributed by atoms with van der Waals surface area (Å²) in [6.07, 6.45) is 1.99. The van der Waals surface area contributed by atoms with Gasteiger partial charge < -0.3 is 10.8 Å². The van der Waals surface area contributed by atoms with Gasteiger partial charge in [-0.2, -0.15) is 0 Å². The zero-order chi connectivity index (χ0) is 13.2. The lowest BCUT2D eigenvalue weighted by molar-refractivity contribution is -0.139. The van der Waals surface area contributed by atoms with Crippen molar-refractivity contribution in [1.82, 2.24) is 0 Å². The van der Waals surface area contributed by atoms with Crippen LogP contribution in [0.3, 0.4) is 0 Å². The fraction of sp³-hybridized carbons (Fsp3) is 0.533. The zero-order valence-corrected chi connectivity index (χ0v) is 10.8. The van der Waals surface area contributed by atoms with E-state index in [2.05, 4.69) is 19.1 Å². The van der Waals surface area contributed by atoms with Gasteiger partial charge in [-0.3, -0.25) is 4.79 Å². The van der Waals surface area contributed by atoms with Gasteiger partial charge in [-0.05, 0) is 42.2 Å². The highest BCUT2D eigenvalue weighted by Crippen LogP contribution is 2.51. The molecule has 0 aliphatic heterocycles. The number of nitrogens with two attached hydrogens (primary N) is 1. The lowest BCUT2D eigenvalue weighted by Crippen LogP contribution is -2.30. The fourth-order valence-corrected chi connectivity index (χ4v) is 3.43. The predicted octanol–water partition coefficient (Wildman–Crippen LogP) is 2.62. The van der Waals surface area contributed by atoms with Gasteiger partial charge in [0, 0.05) is 0 Å². The molecule has 2 rings (SSSR count). The molecule has 3 heteroatoms. The second-order valence-corrected chi connectivity index (χ2v) is 5.68. The van der Waals surface area contributed by atoms with Crippen LogP contribution in [0.15, 0.2) is 30.3 Å². The highest BCUT2D eigenvalue weighted by atomic mass is 16.4. The van der Waals surface area contributed by atoms with Crippen molar-refractivity contribution in [3.8, 4) is 0 Å². The van der Waals surface area contributed by atoms with Gasteiger partial charge in [0.1, 0.15) is 0 Å². The van der Waals surface area contributed by atoms with E-state index in [1.807, 2.05) is 18.2 Å². The molecule has 1 aliphatic rings. The van der Waals surface area contributed by atoms with E-state index in [4.69, 9.17) is 10.8 Å². The Morgan fingerprint density at radius 1 is 1.39 bits per heavy atom. The molecule has 0 heterocycles. The number of carboxylic acids is 1. The molecule has 1 aromatic carbocycles. The quantitative estimate of drug-likeness (QED) is 0.859. The van der Waals surface area contributed by atoms with E-state index in [0.29, 0.717) is 18.4 Å². The number of hydrogen-bond donors (Lipinski definition) is 2. The summed E-state index contributed by atoms with van der Waals surface area (Å²) in [6.45, 7) is 2.67. The van der Waals surface area contributed by atoms with E-state index in [-0.39, 0.29) is 11.8 Å². The summed E-state index contributed by atoms with van der Waals surface area (Å²) in [5, 5.41) is 9.06. The molecule has 0 radical (unpaired) electrons. The molecule has 1 aliphatic carbocycles. The Balaban J connectivity index is 2.19. The number of hydrogen-bond acceptors (Lipinski definition) is 2. The van der Waals surface area contributed by atoms with Crippen molar-refractivity contribution in [1.29, 1.82) is 0 Å². The van der Waals surface area contributed by atoms with Crippen LogP contribution in [0.5, 0.6) is 0 Å². The van der Waals surface area contributed by atoms with Crippen LogP contribution in [0.2, 0.25) is 0 Å². The Bertz CT molecular complexity index is 418. The maximum atomic E-state index is 11.0. The van der Waals surface area contributed by atoms with E-state index in [1.165, 1.54) is 5.56 Å². The van der Waals surface area contributed by atoms with Crippen molar-refractivity contribution < 1.29 is 9.90 Å². The molecule has 0 saturated heterocycles. The molecule has 18 heavy (non-hydrogen) atoms. The van der Waals surface area contributed by atoms with Crippen molar-refractivity contribution in [2.45, 2.75) is 32.1 Å². The van der Waals surface area contributed by atoms with Gasteiger partial charge in [-0.1, -0.05) is 37.3 Å². The normalized spacial score (nSPS) is 31.4. The van der Waals surface area contributed by atoms with Crippen LogP contribution in [-0.4, -0.2) is 17.6 Å². The topological polar surface area (TPSA) is 63.3 Å². The first-order valence-corrected chi connectivity index (χ1v) is 6.53. The molecular weight excluding hydrogens is 226 g/mol. The molecule has 1 saturated carbocycles. The van der Waals surface area contributed by atoms with Crippen LogP contribution in [0, 0.1) is 11.3 Å². The standard InChI is InChI=1S/C15H21NO2/c1-11-7-15(10-16,9-14(17)18)8-13(11)12-5-3-2-4-6-12/h2-6,11,13H,7-10,16H2,1H3,(H,17,18). The number of aliphatic carboxylic acids is 1. The molecule has 1 aromatic rings. The van der Waals surface area contributed by atoms with Gasteiger partial charge in [0.2, 0.25) is 0 Å². The van der Waals surface area contributed by atoms with Crippen LogP contribution >= 0.6 is 0 Å². The molecule has 3 atom stereocenters. The van der Waals surface area contributed by atoms with E-state index < -0.39 is 5.97 Å². The number of carbonyl (C=O) groups is 1. The molecule has 0 spiro atoms. The minimum absolute atomic E-state index is 0.192. The Morgan fingerprint density at radius 2 is 2.06 bits per heavy atom. The van der Waals surface area contributed by atoms with Gasteiger partial charge in [0.15, 0.2) is 0 Å². The summed E-state index contributed by atoms with van der Waals surface area (Å²) >= 11 is 0. The molecule has 0 aromatic heterocycles. The van der Waals surface area contributed by atoms with E-state index in [1.54, 1.807) is 0 Å². The van der Waals surface area contributed by atoms with Crippen molar-refractivity contribution in [2.75, 3.05) is 6.54 Å². The average molecular weight is 247 g/mol. The number of benzene rings is 1. The Hall–Kier alpha value is -1.35. The molecule has 1 fully saturated rings. The molecular formula is C15H21NO2. The van der Waals surface area contributed by atoms with Crippen LogP contribution in [-0.2, 0) is 4.79 Å². The smallest absolute Gasteiger partial charge is 0.303 e. The van der Waals surface area contributed by atoms with Gasteiger partial charge in [0.05, 0.1) is 6.42 Å². The monoisotopic (exact) mass is 247 g/mol. The molecule has 3 N–H and O–H groups in total. The third-order valence-electron chi connectivity index (χ3n) is 4.28. The largest absolute Gasteiger partial charge is 0.481 e. The zero-order valence-electron chi connectivity index (χ0n) is 10.8. The van der Waals surface area contributed by atoms with Crippen LogP contribution in [0.25, 0.3) is 0 Å². The number of carboxylic acid groups (broad SMARTS) is 1. The molecule has 0 amide bonds. The molecule has 0 bridgehead atoms. The van der Waals surface area contributed by atoms with E-state index in [0.717, 1.165) is 12.8 Å². The lowest BCUT2D eigenvalue weighted by atomic mass is 9.81. The van der Waals surface area contributed by atoms with Crippen LogP contribution in [0.1, 0.15) is 37.7 Å². The Kier molecular flexibility index (Phi) is 3.71. The SMILES string of the molecule is CC1CC(CN)(CC(=O)O)CC1c1ccccc1. The van der Waals surface area contributed by atoms with E-state index in [9.17, 15) is 4.79 Å². The first kappa shape index (κ1) is 13.1. The van der Waals surface area contributed by atoms with Gasteiger partial charge in [-0.25, -0.2) is 0 Å². The van der Waals surface area contributed by atoms with Crippen molar-refractivity contribution in [3.05, 3.63) is 35.9 Å². The first-order chi connectivity index (χ1) is 8.56. The third kappa shape index (κ3) is 2.56. The predicted molar refractivity (Wildman–Crippen MR) is 71.3 cm³/mol. The Morgan fingerprint density at radius 3 is 2.61 bits per heavy atom. The summed E-state index contributed by atoms with van der Waals surface area (Å²) < 4.78 is 0. The maximum absolute atomic E-state index is 11.0. The van der Waals surface area contributed by atoms with Crippen molar-refractivity contribution in [3.63, 3.8) is 0 Å². The highest BCUT2D eigenvalue weighted by Gasteiger charge is 2.44. The van der Waals surface area contributed by atoms with Crippen LogP contribution < -0.4 is 5.73 Å². The minimum Gasteiger partial charge on any atom is -0.481 e. The third-order valence-corrected chi connectivity index (χ3v) is 4.28. The highest BCUT2D eigenvalue weighted by molar-refractivity contribution is 5.68. The van der Waals surface area contributed by atoms with Crippen molar-refractivity contribution >= 4 is 5.97 Å². The fourth-order valence-electron chi connectivity index (χ4n) is 3.43. The second kappa shape index (κ2) is 5.11. The van der Waals surface area contributed by atoms with Crippen molar-refractivity contribution in [2.24, 2.45) is 17.1 Å². The minimum atomic E-state index is -0.735. The molecule has 3 unspecified atom stereocenters. The Labute approximate surface area is 108 Å². The lowest BCUT2D eigenvalue weighted by Gasteiger charge is -2.25. The maximum Gasteiger partial charge on any atom is 0.303 e. The summed E-state index contributed by atoms with van der Waals surface area (Å²) in [7, 11) is 0. The van der Waals surface area contributed by atoms with Gasteiger partial charge in [-0.15, -0.1) is 0 Å². The first-order valence-electron chi connectivity index (χ1n) is 6.53. The number of rotatable bonds is 4. The average Bonchev–Trinajstić information content (AvgIpc) is 2.67. The summed E-state index contributed by atoms with van der Waals surface area (Å²) in [5.41, 5.74) is 6.95. The summed E-state index contributed by atoms with van der Waals surface area (Å²) in [4.78, 5) is 11.0. The molecule has 3 nitrogen and oxygen atoms in total. The van der Waals surface area contributed by atoms with E-state index >= 15 is 0 Å². The molecule has 98 valence electrons. The van der Waals surface area contributed by atoms with Crippen LogP contribution in [0.4, 0.5) is 0 Å². The van der Waals surface area contributed by atoms with Gasteiger partial charge >= 0.3 is 5.97 Å². The second-order valence-electron chi connectivity index (χ2n) is 5.68. The summed E-state index contributed by atoms with van der Waals surface area (Å²) in [6, 6.07) is 10.4. The summed E-state index contributed by atoms with van der Waals surface area (Å²) in [5.74, 6) is 0.200. The van der Waals surface area contributed by atoms with Gasteiger partial charge in [0.25, 0.3) is 0 Å².